The number of rotatable bonds is 6. The van der Waals surface area contributed by atoms with Crippen LogP contribution in [0.5, 0.6) is 0 Å². The van der Waals surface area contributed by atoms with E-state index in [2.05, 4.69) is 17.3 Å². The molecule has 0 saturated heterocycles. The fourth-order valence-electron chi connectivity index (χ4n) is 3.16. The van der Waals surface area contributed by atoms with Gasteiger partial charge in [0.25, 0.3) is 0 Å². The van der Waals surface area contributed by atoms with Crippen LogP contribution in [0.4, 0.5) is 0 Å². The molecule has 0 bridgehead atoms. The first-order chi connectivity index (χ1) is 9.62. The average molecular weight is 298 g/mol. The SMILES string of the molecule is CCCn1ncc(Cl)c1C(=O)CC1(NC)CCCCC1. The first-order valence-corrected chi connectivity index (χ1v) is 7.93. The molecule has 0 aromatic carbocycles. The summed E-state index contributed by atoms with van der Waals surface area (Å²) in [7, 11) is 1.96. The number of aryl methyl sites for hydroxylation is 1. The number of carbonyl (C=O) groups excluding carboxylic acids is 1. The maximum Gasteiger partial charge on any atom is 0.184 e. The lowest BCUT2D eigenvalue weighted by atomic mass is 9.78. The maximum absolute atomic E-state index is 12.7. The molecule has 0 spiro atoms. The monoisotopic (exact) mass is 297 g/mol. The van der Waals surface area contributed by atoms with E-state index in [-0.39, 0.29) is 11.3 Å². The maximum atomic E-state index is 12.7. The fourth-order valence-corrected chi connectivity index (χ4v) is 3.40. The van der Waals surface area contributed by atoms with Gasteiger partial charge in [0.1, 0.15) is 5.69 Å². The van der Waals surface area contributed by atoms with Crippen molar-refractivity contribution < 1.29 is 4.79 Å². The summed E-state index contributed by atoms with van der Waals surface area (Å²) < 4.78 is 1.75. The molecule has 4 nitrogen and oxygen atoms in total. The summed E-state index contributed by atoms with van der Waals surface area (Å²) in [5.41, 5.74) is 0.522. The molecule has 0 atom stereocenters. The Morgan fingerprint density at radius 2 is 2.15 bits per heavy atom. The third-order valence-corrected chi connectivity index (χ3v) is 4.61. The van der Waals surface area contributed by atoms with Crippen LogP contribution < -0.4 is 5.32 Å². The van der Waals surface area contributed by atoms with Gasteiger partial charge in [-0.2, -0.15) is 5.10 Å². The number of carbonyl (C=O) groups is 1. The lowest BCUT2D eigenvalue weighted by molar-refractivity contribution is 0.0904. The molecule has 0 aliphatic heterocycles. The Kier molecular flexibility index (Phi) is 5.22. The molecule has 0 radical (unpaired) electrons. The van der Waals surface area contributed by atoms with Gasteiger partial charge in [-0.25, -0.2) is 0 Å². The Morgan fingerprint density at radius 3 is 2.75 bits per heavy atom. The molecule has 1 heterocycles. The van der Waals surface area contributed by atoms with Gasteiger partial charge in [0.2, 0.25) is 0 Å². The van der Waals surface area contributed by atoms with Gasteiger partial charge in [0, 0.05) is 18.5 Å². The predicted molar refractivity (Wildman–Crippen MR) is 81.4 cm³/mol. The van der Waals surface area contributed by atoms with Crippen LogP contribution in [0.25, 0.3) is 0 Å². The van der Waals surface area contributed by atoms with E-state index in [9.17, 15) is 4.79 Å². The van der Waals surface area contributed by atoms with Crippen LogP contribution in [0.15, 0.2) is 6.20 Å². The van der Waals surface area contributed by atoms with Crippen molar-refractivity contribution in [3.8, 4) is 0 Å². The molecule has 112 valence electrons. The Bertz CT molecular complexity index is 464. The molecule has 5 heteroatoms. The van der Waals surface area contributed by atoms with Gasteiger partial charge in [0.05, 0.1) is 11.2 Å². The summed E-state index contributed by atoms with van der Waals surface area (Å²) in [6.45, 7) is 2.81. The summed E-state index contributed by atoms with van der Waals surface area (Å²) in [6, 6.07) is 0. The molecule has 1 saturated carbocycles. The number of hydrogen-bond donors (Lipinski definition) is 1. The normalized spacial score (nSPS) is 18.1. The summed E-state index contributed by atoms with van der Waals surface area (Å²) in [4.78, 5) is 12.7. The summed E-state index contributed by atoms with van der Waals surface area (Å²) in [6.07, 6.45) is 8.81. The van der Waals surface area contributed by atoms with Crippen LogP contribution in [0, 0.1) is 0 Å². The highest BCUT2D eigenvalue weighted by atomic mass is 35.5. The number of ketones is 1. The van der Waals surface area contributed by atoms with E-state index in [1.54, 1.807) is 10.9 Å². The van der Waals surface area contributed by atoms with E-state index < -0.39 is 0 Å². The second-order valence-electron chi connectivity index (χ2n) is 5.76. The Balaban J connectivity index is 2.16. The highest BCUT2D eigenvalue weighted by molar-refractivity contribution is 6.33. The number of hydrogen-bond acceptors (Lipinski definition) is 3. The minimum absolute atomic E-state index is 0.0556. The van der Waals surface area contributed by atoms with Crippen LogP contribution in [0.2, 0.25) is 5.02 Å². The molecule has 1 aliphatic rings. The highest BCUT2D eigenvalue weighted by Crippen LogP contribution is 2.32. The summed E-state index contributed by atoms with van der Waals surface area (Å²) in [5.74, 6) is 0.109. The summed E-state index contributed by atoms with van der Waals surface area (Å²) >= 11 is 6.16. The number of halogens is 1. The van der Waals surface area contributed by atoms with Crippen molar-refractivity contribution in [1.82, 2.24) is 15.1 Å². The summed E-state index contributed by atoms with van der Waals surface area (Å²) in [5, 5.41) is 8.08. The zero-order chi connectivity index (χ0) is 14.6. The van der Waals surface area contributed by atoms with Gasteiger partial charge in [-0.1, -0.05) is 37.8 Å². The smallest absolute Gasteiger partial charge is 0.184 e. The molecule has 1 aliphatic carbocycles. The van der Waals surface area contributed by atoms with Crippen molar-refractivity contribution in [2.24, 2.45) is 0 Å². The Labute approximate surface area is 125 Å². The van der Waals surface area contributed by atoms with Crippen LogP contribution in [0.3, 0.4) is 0 Å². The minimum atomic E-state index is -0.0556. The van der Waals surface area contributed by atoms with Crippen molar-refractivity contribution in [2.45, 2.75) is 64.0 Å². The number of Topliss-reactive ketones (excluding diaryl/α,β-unsaturated/α-hetero) is 1. The van der Waals surface area contributed by atoms with E-state index in [0.717, 1.165) is 25.8 Å². The van der Waals surface area contributed by atoms with Gasteiger partial charge in [0.15, 0.2) is 5.78 Å². The lowest BCUT2D eigenvalue weighted by Crippen LogP contribution is -2.46. The first-order valence-electron chi connectivity index (χ1n) is 7.55. The zero-order valence-corrected chi connectivity index (χ0v) is 13.2. The molecule has 1 N–H and O–H groups in total. The molecule has 1 aromatic rings. The minimum Gasteiger partial charge on any atom is -0.314 e. The van der Waals surface area contributed by atoms with Crippen molar-refractivity contribution in [1.29, 1.82) is 0 Å². The van der Waals surface area contributed by atoms with Gasteiger partial charge >= 0.3 is 0 Å². The second-order valence-corrected chi connectivity index (χ2v) is 6.16. The Morgan fingerprint density at radius 1 is 1.45 bits per heavy atom. The van der Waals surface area contributed by atoms with Crippen molar-refractivity contribution in [3.63, 3.8) is 0 Å². The molecular formula is C15H24ClN3O. The predicted octanol–water partition coefficient (Wildman–Crippen LogP) is 3.44. The quantitative estimate of drug-likeness (QED) is 0.818. The average Bonchev–Trinajstić information content (AvgIpc) is 2.81. The highest BCUT2D eigenvalue weighted by Gasteiger charge is 2.34. The number of aromatic nitrogens is 2. The number of nitrogens with one attached hydrogen (secondary N) is 1. The molecule has 1 aromatic heterocycles. The largest absolute Gasteiger partial charge is 0.314 e. The van der Waals surface area contributed by atoms with Crippen molar-refractivity contribution in [2.75, 3.05) is 7.05 Å². The van der Waals surface area contributed by atoms with Gasteiger partial charge < -0.3 is 5.32 Å². The van der Waals surface area contributed by atoms with Crippen LogP contribution in [-0.2, 0) is 6.54 Å². The van der Waals surface area contributed by atoms with Crippen LogP contribution >= 0.6 is 11.6 Å². The number of nitrogens with zero attached hydrogens (tertiary/aromatic N) is 2. The van der Waals surface area contributed by atoms with Gasteiger partial charge in [-0.15, -0.1) is 0 Å². The molecule has 2 rings (SSSR count). The third-order valence-electron chi connectivity index (χ3n) is 4.33. The molecule has 0 amide bonds. The first kappa shape index (κ1) is 15.5. The van der Waals surface area contributed by atoms with E-state index in [1.165, 1.54) is 19.3 Å². The van der Waals surface area contributed by atoms with E-state index in [0.29, 0.717) is 17.1 Å². The van der Waals surface area contributed by atoms with E-state index in [4.69, 9.17) is 11.6 Å². The standard InChI is InChI=1S/C15H24ClN3O/c1-3-9-19-14(12(16)11-18-19)13(20)10-15(17-2)7-5-4-6-8-15/h11,17H,3-10H2,1-2H3. The molecular weight excluding hydrogens is 274 g/mol. The topological polar surface area (TPSA) is 46.9 Å². The van der Waals surface area contributed by atoms with Gasteiger partial charge in [-0.05, 0) is 26.3 Å². The molecule has 0 unspecified atom stereocenters. The molecule has 20 heavy (non-hydrogen) atoms. The van der Waals surface area contributed by atoms with E-state index >= 15 is 0 Å². The second kappa shape index (κ2) is 6.72. The third kappa shape index (κ3) is 3.23. The van der Waals surface area contributed by atoms with Crippen molar-refractivity contribution >= 4 is 17.4 Å². The van der Waals surface area contributed by atoms with Crippen molar-refractivity contribution in [3.05, 3.63) is 16.9 Å². The van der Waals surface area contributed by atoms with Gasteiger partial charge in [-0.3, -0.25) is 9.48 Å². The van der Waals surface area contributed by atoms with E-state index in [1.807, 2.05) is 7.05 Å². The lowest BCUT2D eigenvalue weighted by Gasteiger charge is -2.36. The fraction of sp³-hybridized carbons (Fsp3) is 0.733. The van der Waals surface area contributed by atoms with Crippen LogP contribution in [0.1, 0.15) is 62.4 Å². The van der Waals surface area contributed by atoms with Crippen LogP contribution in [-0.4, -0.2) is 28.2 Å². The Hall–Kier alpha value is -0.870. The molecule has 1 fully saturated rings. The zero-order valence-electron chi connectivity index (χ0n) is 12.4.